The van der Waals surface area contributed by atoms with E-state index in [1.165, 1.54) is 17.7 Å². The van der Waals surface area contributed by atoms with Crippen LogP contribution in [0.4, 0.5) is 4.39 Å². The summed E-state index contributed by atoms with van der Waals surface area (Å²) in [6.07, 6.45) is 0.779. The summed E-state index contributed by atoms with van der Waals surface area (Å²) in [4.78, 5) is 14.0. The number of aromatic hydroxyl groups is 1. The lowest BCUT2D eigenvalue weighted by atomic mass is 9.99. The second-order valence-electron chi connectivity index (χ2n) is 4.91. The molecule has 0 aromatic heterocycles. The topological polar surface area (TPSA) is 40.5 Å². The zero-order valence-corrected chi connectivity index (χ0v) is 10.8. The second kappa shape index (κ2) is 4.96. The fraction of sp³-hybridized carbons (Fsp3) is 0.188. The molecule has 3 rings (SSSR count). The Kier molecular flexibility index (Phi) is 3.14. The number of amides is 1. The highest BCUT2D eigenvalue weighted by molar-refractivity contribution is 5.94. The van der Waals surface area contributed by atoms with E-state index in [1.54, 1.807) is 4.90 Å². The van der Waals surface area contributed by atoms with Crippen LogP contribution in [0.3, 0.4) is 0 Å². The third-order valence-corrected chi connectivity index (χ3v) is 3.60. The molecule has 20 heavy (non-hydrogen) atoms. The molecule has 1 heterocycles. The SMILES string of the molecule is O=C(c1ccc(O)cc1F)N1CCc2ccccc2C1. The standard InChI is InChI=1S/C16H14FNO2/c17-15-9-13(19)5-6-14(15)16(20)18-8-7-11-3-1-2-4-12(11)10-18/h1-6,9,19H,7-8,10H2. The molecule has 0 saturated heterocycles. The van der Waals surface area contributed by atoms with Gasteiger partial charge >= 0.3 is 0 Å². The lowest BCUT2D eigenvalue weighted by molar-refractivity contribution is 0.0730. The molecule has 0 unspecified atom stereocenters. The number of hydrogen-bond donors (Lipinski definition) is 1. The minimum absolute atomic E-state index is 0.00202. The summed E-state index contributed by atoms with van der Waals surface area (Å²) in [5, 5.41) is 9.19. The lowest BCUT2D eigenvalue weighted by Crippen LogP contribution is -2.36. The number of phenols is 1. The Balaban J connectivity index is 1.86. The first-order valence-electron chi connectivity index (χ1n) is 6.50. The number of halogens is 1. The second-order valence-corrected chi connectivity index (χ2v) is 4.91. The molecule has 102 valence electrons. The van der Waals surface area contributed by atoms with Gasteiger partial charge in [-0.05, 0) is 29.7 Å². The van der Waals surface area contributed by atoms with Crippen molar-refractivity contribution in [2.75, 3.05) is 6.54 Å². The van der Waals surface area contributed by atoms with Crippen LogP contribution in [-0.4, -0.2) is 22.5 Å². The number of benzene rings is 2. The van der Waals surface area contributed by atoms with Crippen molar-refractivity contribution < 1.29 is 14.3 Å². The molecule has 1 amide bonds. The number of nitrogens with zero attached hydrogens (tertiary/aromatic N) is 1. The third-order valence-electron chi connectivity index (χ3n) is 3.60. The van der Waals surface area contributed by atoms with Crippen LogP contribution in [-0.2, 0) is 13.0 Å². The van der Waals surface area contributed by atoms with Crippen LogP contribution < -0.4 is 0 Å². The lowest BCUT2D eigenvalue weighted by Gasteiger charge is -2.29. The molecule has 0 aliphatic carbocycles. The smallest absolute Gasteiger partial charge is 0.257 e. The normalized spacial score (nSPS) is 13.9. The average Bonchev–Trinajstić information content (AvgIpc) is 2.46. The van der Waals surface area contributed by atoms with Crippen molar-refractivity contribution in [3.05, 3.63) is 65.0 Å². The van der Waals surface area contributed by atoms with Crippen LogP contribution in [0.25, 0.3) is 0 Å². The average molecular weight is 271 g/mol. The molecular formula is C16H14FNO2. The highest BCUT2D eigenvalue weighted by Crippen LogP contribution is 2.22. The fourth-order valence-corrected chi connectivity index (χ4v) is 2.52. The van der Waals surface area contributed by atoms with Crippen molar-refractivity contribution >= 4 is 5.91 Å². The highest BCUT2D eigenvalue weighted by atomic mass is 19.1. The first kappa shape index (κ1) is 12.7. The monoisotopic (exact) mass is 271 g/mol. The van der Waals surface area contributed by atoms with Gasteiger partial charge in [-0.1, -0.05) is 24.3 Å². The Bertz CT molecular complexity index is 669. The van der Waals surface area contributed by atoms with Crippen molar-refractivity contribution in [2.24, 2.45) is 0 Å². The molecule has 2 aromatic carbocycles. The van der Waals surface area contributed by atoms with E-state index < -0.39 is 5.82 Å². The largest absolute Gasteiger partial charge is 0.508 e. The number of fused-ring (bicyclic) bond motifs is 1. The van der Waals surface area contributed by atoms with Crippen molar-refractivity contribution in [1.29, 1.82) is 0 Å². The van der Waals surface area contributed by atoms with E-state index in [1.807, 2.05) is 18.2 Å². The number of rotatable bonds is 1. The number of hydrogen-bond acceptors (Lipinski definition) is 2. The summed E-state index contributed by atoms with van der Waals surface area (Å²) in [6, 6.07) is 11.6. The van der Waals surface area contributed by atoms with E-state index in [0.717, 1.165) is 18.1 Å². The van der Waals surface area contributed by atoms with Gasteiger partial charge in [-0.2, -0.15) is 0 Å². The van der Waals surface area contributed by atoms with Crippen molar-refractivity contribution in [1.82, 2.24) is 4.90 Å². The van der Waals surface area contributed by atoms with E-state index in [9.17, 15) is 14.3 Å². The van der Waals surface area contributed by atoms with Gasteiger partial charge in [-0.3, -0.25) is 4.79 Å². The molecule has 1 N–H and O–H groups in total. The summed E-state index contributed by atoms with van der Waals surface area (Å²) in [7, 11) is 0. The van der Waals surface area contributed by atoms with Gasteiger partial charge in [0, 0.05) is 19.2 Å². The summed E-state index contributed by atoms with van der Waals surface area (Å²) in [5.41, 5.74) is 2.34. The molecule has 1 aliphatic heterocycles. The Morgan fingerprint density at radius 1 is 1.15 bits per heavy atom. The van der Waals surface area contributed by atoms with E-state index >= 15 is 0 Å². The maximum atomic E-state index is 13.7. The van der Waals surface area contributed by atoms with Gasteiger partial charge in [0.05, 0.1) is 5.56 Å². The van der Waals surface area contributed by atoms with Gasteiger partial charge in [0.15, 0.2) is 0 Å². The van der Waals surface area contributed by atoms with E-state index in [4.69, 9.17) is 0 Å². The van der Waals surface area contributed by atoms with Gasteiger partial charge in [0.2, 0.25) is 0 Å². The molecule has 0 saturated carbocycles. The minimum Gasteiger partial charge on any atom is -0.508 e. The fourth-order valence-electron chi connectivity index (χ4n) is 2.52. The predicted molar refractivity (Wildman–Crippen MR) is 73.0 cm³/mol. The molecule has 3 nitrogen and oxygen atoms in total. The predicted octanol–water partition coefficient (Wildman–Crippen LogP) is 2.73. The quantitative estimate of drug-likeness (QED) is 0.866. The summed E-state index contributed by atoms with van der Waals surface area (Å²) in [6.45, 7) is 1.07. The van der Waals surface area contributed by atoms with Crippen molar-refractivity contribution in [3.8, 4) is 5.75 Å². The Hall–Kier alpha value is -2.36. The van der Waals surface area contributed by atoms with Crippen LogP contribution in [0.2, 0.25) is 0 Å². The zero-order chi connectivity index (χ0) is 14.1. The highest BCUT2D eigenvalue weighted by Gasteiger charge is 2.23. The number of carbonyl (C=O) groups excluding carboxylic acids is 1. The molecule has 1 aliphatic rings. The van der Waals surface area contributed by atoms with Gasteiger partial charge in [-0.15, -0.1) is 0 Å². The molecule has 0 fully saturated rings. The third kappa shape index (κ3) is 2.25. The summed E-state index contributed by atoms with van der Waals surface area (Å²) < 4.78 is 13.7. The van der Waals surface area contributed by atoms with E-state index in [2.05, 4.69) is 6.07 Å². The molecule has 4 heteroatoms. The molecular weight excluding hydrogens is 257 g/mol. The first-order valence-corrected chi connectivity index (χ1v) is 6.50. The maximum absolute atomic E-state index is 13.7. The van der Waals surface area contributed by atoms with E-state index in [0.29, 0.717) is 13.1 Å². The van der Waals surface area contributed by atoms with Crippen molar-refractivity contribution in [2.45, 2.75) is 13.0 Å². The summed E-state index contributed by atoms with van der Waals surface area (Å²) in [5.74, 6) is -1.20. The molecule has 0 spiro atoms. The molecule has 2 aromatic rings. The van der Waals surface area contributed by atoms with Crippen LogP contribution in [0.15, 0.2) is 42.5 Å². The molecule has 0 radical (unpaired) electrons. The minimum atomic E-state index is -0.686. The van der Waals surface area contributed by atoms with Crippen LogP contribution in [0, 0.1) is 5.82 Å². The number of carbonyl (C=O) groups is 1. The van der Waals surface area contributed by atoms with Crippen LogP contribution >= 0.6 is 0 Å². The van der Waals surface area contributed by atoms with Gasteiger partial charge in [0.1, 0.15) is 11.6 Å². The maximum Gasteiger partial charge on any atom is 0.257 e. The van der Waals surface area contributed by atoms with Gasteiger partial charge in [-0.25, -0.2) is 4.39 Å². The first-order chi connectivity index (χ1) is 9.65. The molecule has 0 atom stereocenters. The number of phenolic OH excluding ortho intramolecular Hbond substituents is 1. The van der Waals surface area contributed by atoms with Crippen LogP contribution in [0.5, 0.6) is 5.75 Å². The Morgan fingerprint density at radius 2 is 1.90 bits per heavy atom. The van der Waals surface area contributed by atoms with E-state index in [-0.39, 0.29) is 17.2 Å². The zero-order valence-electron chi connectivity index (χ0n) is 10.8. The summed E-state index contributed by atoms with van der Waals surface area (Å²) >= 11 is 0. The van der Waals surface area contributed by atoms with Crippen LogP contribution in [0.1, 0.15) is 21.5 Å². The Morgan fingerprint density at radius 3 is 2.65 bits per heavy atom. The Labute approximate surface area is 116 Å². The molecule has 0 bridgehead atoms. The van der Waals surface area contributed by atoms with Gasteiger partial charge < -0.3 is 10.0 Å². The van der Waals surface area contributed by atoms with Gasteiger partial charge in [0.25, 0.3) is 5.91 Å². The van der Waals surface area contributed by atoms with Crippen molar-refractivity contribution in [3.63, 3.8) is 0 Å².